The second-order valence-electron chi connectivity index (χ2n) is 7.30. The van der Waals surface area contributed by atoms with Gasteiger partial charge in [0.1, 0.15) is 0 Å². The highest BCUT2D eigenvalue weighted by molar-refractivity contribution is 8.18. The number of carbonyl (C=O) groups excluding carboxylic acids is 2. The fraction of sp³-hybridized carbons (Fsp3) is 0.115. The number of thioether (sulfide) groups is 1. The highest BCUT2D eigenvalue weighted by Crippen LogP contribution is 2.32. The van der Waals surface area contributed by atoms with Crippen molar-refractivity contribution >= 4 is 57.8 Å². The zero-order valence-electron chi connectivity index (χ0n) is 18.8. The molecule has 3 aromatic rings. The number of hydrogen-bond donors (Lipinski definition) is 2. The number of amides is 2. The van der Waals surface area contributed by atoms with E-state index in [1.807, 2.05) is 37.3 Å². The van der Waals surface area contributed by atoms with E-state index in [9.17, 15) is 9.59 Å². The summed E-state index contributed by atoms with van der Waals surface area (Å²) in [5, 5.41) is 6.63. The Morgan fingerprint density at radius 2 is 1.83 bits per heavy atom. The molecule has 2 N–H and O–H groups in total. The van der Waals surface area contributed by atoms with E-state index in [1.165, 1.54) is 11.8 Å². The normalized spacial score (nSPS) is 15.2. The standard InChI is InChI=1S/C26H22ClN3O4S/c1-2-33-22-14-17(15-23-25(32)30-26(35-23)29-19-6-4-3-5-7-19)8-13-21(22)34-16-24(31)28-20-11-9-18(27)10-12-20/h3-15H,2,16H2,1H3,(H,28,31)(H,29,30,32)/b23-15-. The average molecular weight is 508 g/mol. The number of anilines is 1. The van der Waals surface area contributed by atoms with Crippen molar-refractivity contribution in [3.8, 4) is 11.5 Å². The van der Waals surface area contributed by atoms with Crippen molar-refractivity contribution in [2.24, 2.45) is 4.99 Å². The number of para-hydroxylation sites is 1. The molecule has 0 aliphatic carbocycles. The Morgan fingerprint density at radius 3 is 2.57 bits per heavy atom. The largest absolute Gasteiger partial charge is 0.490 e. The minimum absolute atomic E-state index is 0.194. The summed E-state index contributed by atoms with van der Waals surface area (Å²) in [6, 6.07) is 21.5. The third kappa shape index (κ3) is 6.88. The van der Waals surface area contributed by atoms with Crippen molar-refractivity contribution in [3.05, 3.63) is 88.3 Å². The van der Waals surface area contributed by atoms with E-state index in [2.05, 4.69) is 15.6 Å². The minimum atomic E-state index is -0.315. The topological polar surface area (TPSA) is 89.0 Å². The number of ether oxygens (including phenoxy) is 2. The summed E-state index contributed by atoms with van der Waals surface area (Å²) in [6.45, 7) is 2.08. The number of hydrogen-bond acceptors (Lipinski definition) is 6. The Balaban J connectivity index is 1.43. The number of nitrogens with one attached hydrogen (secondary N) is 2. The summed E-state index contributed by atoms with van der Waals surface area (Å²) in [5.74, 6) is 0.366. The Labute approximate surface area is 212 Å². The summed E-state index contributed by atoms with van der Waals surface area (Å²) in [6.07, 6.45) is 1.76. The van der Waals surface area contributed by atoms with Crippen LogP contribution in [0.25, 0.3) is 6.08 Å². The molecule has 1 aliphatic rings. The van der Waals surface area contributed by atoms with Gasteiger partial charge >= 0.3 is 0 Å². The van der Waals surface area contributed by atoms with Crippen LogP contribution in [-0.2, 0) is 9.59 Å². The maximum atomic E-state index is 12.4. The van der Waals surface area contributed by atoms with Crippen LogP contribution in [0.2, 0.25) is 5.02 Å². The smallest absolute Gasteiger partial charge is 0.264 e. The predicted octanol–water partition coefficient (Wildman–Crippen LogP) is 5.65. The van der Waals surface area contributed by atoms with Crippen LogP contribution in [-0.4, -0.2) is 30.2 Å². The molecule has 0 aromatic heterocycles. The number of amidine groups is 1. The van der Waals surface area contributed by atoms with Crippen LogP contribution in [0.4, 0.5) is 11.4 Å². The molecule has 1 aliphatic heterocycles. The number of halogens is 1. The van der Waals surface area contributed by atoms with Crippen LogP contribution >= 0.6 is 23.4 Å². The van der Waals surface area contributed by atoms with Gasteiger partial charge in [-0.3, -0.25) is 9.59 Å². The minimum Gasteiger partial charge on any atom is -0.490 e. The van der Waals surface area contributed by atoms with Gasteiger partial charge in [0.2, 0.25) is 0 Å². The van der Waals surface area contributed by atoms with Gasteiger partial charge in [-0.15, -0.1) is 0 Å². The molecular formula is C26H22ClN3O4S. The lowest BCUT2D eigenvalue weighted by molar-refractivity contribution is -0.118. The van der Waals surface area contributed by atoms with Crippen molar-refractivity contribution in [1.29, 1.82) is 0 Å². The third-order valence-corrected chi connectivity index (χ3v) is 5.85. The van der Waals surface area contributed by atoms with Crippen molar-refractivity contribution in [2.45, 2.75) is 6.92 Å². The first-order valence-corrected chi connectivity index (χ1v) is 12.0. The van der Waals surface area contributed by atoms with E-state index in [0.29, 0.717) is 38.9 Å². The van der Waals surface area contributed by atoms with Gasteiger partial charge in [-0.2, -0.15) is 0 Å². The molecular weight excluding hydrogens is 486 g/mol. The molecule has 7 nitrogen and oxygen atoms in total. The molecule has 0 spiro atoms. The number of benzene rings is 3. The Hall–Kier alpha value is -3.75. The molecule has 0 atom stereocenters. The predicted molar refractivity (Wildman–Crippen MR) is 140 cm³/mol. The number of nitrogens with zero attached hydrogens (tertiary/aromatic N) is 1. The lowest BCUT2D eigenvalue weighted by Gasteiger charge is -2.13. The second-order valence-corrected chi connectivity index (χ2v) is 8.77. The summed E-state index contributed by atoms with van der Waals surface area (Å²) in [4.78, 5) is 29.6. The molecule has 4 rings (SSSR count). The van der Waals surface area contributed by atoms with Crippen LogP contribution in [0.15, 0.2) is 82.7 Å². The van der Waals surface area contributed by atoms with Crippen LogP contribution < -0.4 is 20.1 Å². The van der Waals surface area contributed by atoms with Gasteiger partial charge in [-0.05, 0) is 78.9 Å². The first kappa shape index (κ1) is 24.4. The van der Waals surface area contributed by atoms with Crippen LogP contribution in [0, 0.1) is 0 Å². The van der Waals surface area contributed by atoms with Gasteiger partial charge in [0, 0.05) is 10.7 Å². The summed E-state index contributed by atoms with van der Waals surface area (Å²) >= 11 is 7.13. The van der Waals surface area contributed by atoms with Gasteiger partial charge < -0.3 is 20.1 Å². The maximum absolute atomic E-state index is 12.4. The first-order chi connectivity index (χ1) is 17.0. The molecule has 178 valence electrons. The van der Waals surface area contributed by atoms with Crippen molar-refractivity contribution in [1.82, 2.24) is 5.32 Å². The van der Waals surface area contributed by atoms with E-state index >= 15 is 0 Å². The molecule has 0 unspecified atom stereocenters. The summed E-state index contributed by atoms with van der Waals surface area (Å²) in [7, 11) is 0. The zero-order chi connectivity index (χ0) is 24.6. The molecule has 1 fully saturated rings. The first-order valence-electron chi connectivity index (χ1n) is 10.8. The molecule has 2 amide bonds. The van der Waals surface area contributed by atoms with Gasteiger partial charge in [0.15, 0.2) is 23.3 Å². The van der Waals surface area contributed by atoms with Crippen molar-refractivity contribution in [3.63, 3.8) is 0 Å². The maximum Gasteiger partial charge on any atom is 0.264 e. The summed E-state index contributed by atoms with van der Waals surface area (Å²) < 4.78 is 11.4. The number of carbonyl (C=O) groups is 2. The van der Waals surface area contributed by atoms with Crippen LogP contribution in [0.5, 0.6) is 11.5 Å². The highest BCUT2D eigenvalue weighted by atomic mass is 35.5. The molecule has 9 heteroatoms. The summed E-state index contributed by atoms with van der Waals surface area (Å²) in [5.41, 5.74) is 2.14. The van der Waals surface area contributed by atoms with E-state index in [0.717, 1.165) is 11.3 Å². The van der Waals surface area contributed by atoms with E-state index in [-0.39, 0.29) is 18.4 Å². The molecule has 0 saturated carbocycles. The van der Waals surface area contributed by atoms with Gasteiger partial charge in [-0.1, -0.05) is 35.9 Å². The molecule has 0 radical (unpaired) electrons. The van der Waals surface area contributed by atoms with E-state index in [4.69, 9.17) is 21.1 Å². The third-order valence-electron chi connectivity index (χ3n) is 4.69. The Bertz CT molecular complexity index is 1280. The highest BCUT2D eigenvalue weighted by Gasteiger charge is 2.24. The number of rotatable bonds is 8. The molecule has 1 saturated heterocycles. The zero-order valence-corrected chi connectivity index (χ0v) is 20.4. The van der Waals surface area contributed by atoms with Gasteiger partial charge in [0.05, 0.1) is 17.2 Å². The Kier molecular flexibility index (Phi) is 8.07. The molecule has 3 aromatic carbocycles. The number of aliphatic imine (C=N–C) groups is 1. The second kappa shape index (κ2) is 11.6. The molecule has 0 bridgehead atoms. The van der Waals surface area contributed by atoms with E-state index < -0.39 is 0 Å². The lowest BCUT2D eigenvalue weighted by atomic mass is 10.2. The van der Waals surface area contributed by atoms with Crippen LogP contribution in [0.1, 0.15) is 12.5 Å². The van der Waals surface area contributed by atoms with Gasteiger partial charge in [0.25, 0.3) is 11.8 Å². The van der Waals surface area contributed by atoms with E-state index in [1.54, 1.807) is 48.5 Å². The fourth-order valence-corrected chi connectivity index (χ4v) is 4.10. The Morgan fingerprint density at radius 1 is 1.06 bits per heavy atom. The SMILES string of the molecule is CCOc1cc(/C=C2\SC(=Nc3ccccc3)NC2=O)ccc1OCC(=O)Nc1ccc(Cl)cc1. The molecule has 35 heavy (non-hydrogen) atoms. The average Bonchev–Trinajstić information content (AvgIpc) is 3.19. The van der Waals surface area contributed by atoms with Crippen LogP contribution in [0.3, 0.4) is 0 Å². The fourth-order valence-electron chi connectivity index (χ4n) is 3.13. The monoisotopic (exact) mass is 507 g/mol. The van der Waals surface area contributed by atoms with Gasteiger partial charge in [-0.25, -0.2) is 4.99 Å². The quantitative estimate of drug-likeness (QED) is 0.385. The molecule has 1 heterocycles. The van der Waals surface area contributed by atoms with Crippen molar-refractivity contribution < 1.29 is 19.1 Å². The lowest BCUT2D eigenvalue weighted by Crippen LogP contribution is -2.20. The van der Waals surface area contributed by atoms with Crippen molar-refractivity contribution in [2.75, 3.05) is 18.5 Å².